The lowest BCUT2D eigenvalue weighted by atomic mass is 10.0. The van der Waals surface area contributed by atoms with E-state index in [1.54, 1.807) is 0 Å². The highest BCUT2D eigenvalue weighted by Crippen LogP contribution is 2.15. The van der Waals surface area contributed by atoms with Crippen LogP contribution in [0.5, 0.6) is 0 Å². The van der Waals surface area contributed by atoms with Gasteiger partial charge in [0.05, 0.1) is 0 Å². The smallest absolute Gasteiger partial charge is 0.152 e. The Bertz CT molecular complexity index is 196. The fourth-order valence-corrected chi connectivity index (χ4v) is 1.16. The van der Waals surface area contributed by atoms with Crippen molar-refractivity contribution in [2.24, 2.45) is 5.73 Å². The number of H-pyrrole nitrogens is 1. The van der Waals surface area contributed by atoms with Crippen LogP contribution in [0, 0.1) is 0 Å². The van der Waals surface area contributed by atoms with Crippen LogP contribution in [0.2, 0.25) is 0 Å². The maximum Gasteiger partial charge on any atom is 0.152 e. The second-order valence-electron chi connectivity index (χ2n) is 2.86. The van der Waals surface area contributed by atoms with Gasteiger partial charge in [-0.05, 0) is 16.8 Å². The molecule has 1 aromatic rings. The van der Waals surface area contributed by atoms with Crippen molar-refractivity contribution in [1.82, 2.24) is 20.6 Å². The minimum Gasteiger partial charge on any atom is -0.330 e. The Morgan fingerprint density at radius 2 is 2.42 bits per heavy atom. The van der Waals surface area contributed by atoms with E-state index in [1.165, 1.54) is 12.8 Å². The van der Waals surface area contributed by atoms with Gasteiger partial charge in [-0.2, -0.15) is 0 Å². The monoisotopic (exact) mass is 169 g/mol. The summed E-state index contributed by atoms with van der Waals surface area (Å²) in [7, 11) is 0. The predicted octanol–water partition coefficient (Wildman–Crippen LogP) is 0.432. The van der Waals surface area contributed by atoms with Crippen molar-refractivity contribution in [2.45, 2.75) is 32.1 Å². The van der Waals surface area contributed by atoms with Crippen LogP contribution in [-0.2, 0) is 0 Å². The zero-order chi connectivity index (χ0) is 8.81. The molecule has 1 atom stereocenters. The Labute approximate surface area is 71.7 Å². The number of nitrogens with two attached hydrogens (primary N) is 1. The first-order chi connectivity index (χ1) is 5.88. The molecule has 0 saturated carbocycles. The van der Waals surface area contributed by atoms with Gasteiger partial charge in [0.2, 0.25) is 0 Å². The third-order valence-corrected chi connectivity index (χ3v) is 1.94. The average molecular weight is 169 g/mol. The number of aromatic nitrogens is 4. The van der Waals surface area contributed by atoms with Gasteiger partial charge in [-0.25, -0.2) is 5.10 Å². The highest BCUT2D eigenvalue weighted by molar-refractivity contribution is 4.90. The van der Waals surface area contributed by atoms with Crippen LogP contribution in [0.3, 0.4) is 0 Å². The first-order valence-corrected chi connectivity index (χ1v) is 4.32. The molecule has 5 heteroatoms. The van der Waals surface area contributed by atoms with Crippen molar-refractivity contribution in [2.75, 3.05) is 6.54 Å². The van der Waals surface area contributed by atoms with E-state index in [1.807, 2.05) is 0 Å². The molecule has 5 nitrogen and oxygen atoms in total. The third kappa shape index (κ3) is 2.27. The second-order valence-corrected chi connectivity index (χ2v) is 2.86. The van der Waals surface area contributed by atoms with Crippen LogP contribution in [0.15, 0.2) is 0 Å². The summed E-state index contributed by atoms with van der Waals surface area (Å²) in [5, 5.41) is 13.6. The van der Waals surface area contributed by atoms with Gasteiger partial charge in [0.25, 0.3) is 0 Å². The lowest BCUT2D eigenvalue weighted by Gasteiger charge is -2.08. The molecule has 0 aliphatic heterocycles. The quantitative estimate of drug-likeness (QED) is 0.670. The summed E-state index contributed by atoms with van der Waals surface area (Å²) in [5.41, 5.74) is 5.59. The number of aromatic amines is 1. The Morgan fingerprint density at radius 1 is 1.58 bits per heavy atom. The van der Waals surface area contributed by atoms with Gasteiger partial charge in [-0.15, -0.1) is 5.10 Å². The molecule has 12 heavy (non-hydrogen) atoms. The Kier molecular flexibility index (Phi) is 3.66. The van der Waals surface area contributed by atoms with E-state index in [-0.39, 0.29) is 0 Å². The fraction of sp³-hybridized carbons (Fsp3) is 0.857. The molecule has 1 unspecified atom stereocenters. The Balaban J connectivity index is 2.45. The second kappa shape index (κ2) is 4.82. The Hall–Kier alpha value is -0.970. The standard InChI is InChI=1S/C7H15N5/c1-2-3-4-6(5-8)7-9-11-12-10-7/h6H,2-5,8H2,1H3,(H,9,10,11,12). The van der Waals surface area contributed by atoms with Gasteiger partial charge < -0.3 is 5.73 Å². The average Bonchev–Trinajstić information content (AvgIpc) is 2.59. The van der Waals surface area contributed by atoms with E-state index in [0.29, 0.717) is 12.5 Å². The summed E-state index contributed by atoms with van der Waals surface area (Å²) in [4.78, 5) is 0. The number of unbranched alkanes of at least 4 members (excludes halogenated alkanes) is 1. The van der Waals surface area contributed by atoms with E-state index in [0.717, 1.165) is 12.2 Å². The fourth-order valence-electron chi connectivity index (χ4n) is 1.16. The zero-order valence-corrected chi connectivity index (χ0v) is 7.32. The summed E-state index contributed by atoms with van der Waals surface area (Å²) in [6, 6.07) is 0. The van der Waals surface area contributed by atoms with Gasteiger partial charge in [0.15, 0.2) is 5.82 Å². The van der Waals surface area contributed by atoms with Gasteiger partial charge in [-0.1, -0.05) is 19.8 Å². The summed E-state index contributed by atoms with van der Waals surface area (Å²) < 4.78 is 0. The van der Waals surface area contributed by atoms with Crippen LogP contribution in [0.4, 0.5) is 0 Å². The van der Waals surface area contributed by atoms with Crippen molar-refractivity contribution in [3.8, 4) is 0 Å². The molecule has 0 aliphatic rings. The van der Waals surface area contributed by atoms with E-state index in [2.05, 4.69) is 27.5 Å². The van der Waals surface area contributed by atoms with Crippen molar-refractivity contribution >= 4 is 0 Å². The maximum atomic E-state index is 5.59. The van der Waals surface area contributed by atoms with E-state index in [4.69, 9.17) is 5.73 Å². The van der Waals surface area contributed by atoms with Gasteiger partial charge in [0.1, 0.15) is 0 Å². The molecule has 0 radical (unpaired) electrons. The van der Waals surface area contributed by atoms with E-state index < -0.39 is 0 Å². The molecular formula is C7H15N5. The molecule has 0 bridgehead atoms. The number of nitrogens with zero attached hydrogens (tertiary/aromatic N) is 3. The predicted molar refractivity (Wildman–Crippen MR) is 45.5 cm³/mol. The van der Waals surface area contributed by atoms with Crippen LogP contribution < -0.4 is 5.73 Å². The normalized spacial score (nSPS) is 13.2. The highest BCUT2D eigenvalue weighted by Gasteiger charge is 2.11. The van der Waals surface area contributed by atoms with Crippen molar-refractivity contribution in [1.29, 1.82) is 0 Å². The van der Waals surface area contributed by atoms with E-state index in [9.17, 15) is 0 Å². The lowest BCUT2D eigenvalue weighted by molar-refractivity contribution is 0.565. The summed E-state index contributed by atoms with van der Waals surface area (Å²) in [5.74, 6) is 1.10. The Morgan fingerprint density at radius 3 is 2.92 bits per heavy atom. The van der Waals surface area contributed by atoms with Crippen molar-refractivity contribution in [3.63, 3.8) is 0 Å². The third-order valence-electron chi connectivity index (χ3n) is 1.94. The van der Waals surface area contributed by atoms with Gasteiger partial charge in [-0.3, -0.25) is 0 Å². The molecule has 0 aromatic carbocycles. The lowest BCUT2D eigenvalue weighted by Crippen LogP contribution is -2.14. The van der Waals surface area contributed by atoms with Crippen LogP contribution >= 0.6 is 0 Å². The minimum atomic E-state index is 0.292. The molecule has 1 aromatic heterocycles. The molecule has 0 amide bonds. The van der Waals surface area contributed by atoms with Gasteiger partial charge >= 0.3 is 0 Å². The van der Waals surface area contributed by atoms with Crippen molar-refractivity contribution < 1.29 is 0 Å². The van der Waals surface area contributed by atoms with E-state index >= 15 is 0 Å². The number of nitrogens with one attached hydrogen (secondary N) is 1. The molecular weight excluding hydrogens is 154 g/mol. The first-order valence-electron chi connectivity index (χ1n) is 4.32. The summed E-state index contributed by atoms with van der Waals surface area (Å²) >= 11 is 0. The van der Waals surface area contributed by atoms with Crippen LogP contribution in [-0.4, -0.2) is 27.2 Å². The number of tetrazole rings is 1. The number of rotatable bonds is 5. The van der Waals surface area contributed by atoms with Crippen LogP contribution in [0.25, 0.3) is 0 Å². The SMILES string of the molecule is CCCCC(CN)c1nnn[nH]1. The molecule has 68 valence electrons. The number of hydrogen-bond acceptors (Lipinski definition) is 4. The molecule has 3 N–H and O–H groups in total. The number of hydrogen-bond donors (Lipinski definition) is 2. The maximum absolute atomic E-state index is 5.59. The highest BCUT2D eigenvalue weighted by atomic mass is 15.5. The van der Waals surface area contributed by atoms with Gasteiger partial charge in [0, 0.05) is 12.5 Å². The zero-order valence-electron chi connectivity index (χ0n) is 7.32. The van der Waals surface area contributed by atoms with Crippen LogP contribution in [0.1, 0.15) is 37.9 Å². The summed E-state index contributed by atoms with van der Waals surface area (Å²) in [6.45, 7) is 2.77. The summed E-state index contributed by atoms with van der Waals surface area (Å²) in [6.07, 6.45) is 3.41. The molecule has 0 saturated heterocycles. The molecule has 0 aliphatic carbocycles. The molecule has 1 heterocycles. The molecule has 1 rings (SSSR count). The van der Waals surface area contributed by atoms with Crippen molar-refractivity contribution in [3.05, 3.63) is 5.82 Å². The molecule has 0 spiro atoms. The largest absolute Gasteiger partial charge is 0.330 e. The molecule has 0 fully saturated rings. The topological polar surface area (TPSA) is 80.5 Å². The first kappa shape index (κ1) is 9.12. The minimum absolute atomic E-state index is 0.292.